The number of rotatable bonds is 6. The zero-order chi connectivity index (χ0) is 21.7. The lowest BCUT2D eigenvalue weighted by molar-refractivity contribution is 1.24. The first kappa shape index (κ1) is 21.2. The molecular weight excluding hydrogens is 364 g/mol. The number of aryl methyl sites for hydroxylation is 1. The van der Waals surface area contributed by atoms with Crippen LogP contribution in [-0.2, 0) is 0 Å². The van der Waals surface area contributed by atoms with Crippen molar-refractivity contribution in [2.45, 2.75) is 27.7 Å². The van der Waals surface area contributed by atoms with Gasteiger partial charge in [0.15, 0.2) is 0 Å². The molecule has 2 nitrogen and oxygen atoms in total. The van der Waals surface area contributed by atoms with E-state index in [2.05, 4.69) is 56.5 Å². The summed E-state index contributed by atoms with van der Waals surface area (Å²) in [5.74, 6) is 0. The van der Waals surface area contributed by atoms with Gasteiger partial charge < -0.3 is 0 Å². The van der Waals surface area contributed by atoms with E-state index in [4.69, 9.17) is 9.98 Å². The van der Waals surface area contributed by atoms with Crippen LogP contribution in [0.3, 0.4) is 0 Å². The molecule has 0 atom stereocenters. The predicted molar refractivity (Wildman–Crippen MR) is 132 cm³/mol. The number of allylic oxidation sites excluding steroid dienone is 5. The van der Waals surface area contributed by atoms with Gasteiger partial charge in [-0.15, -0.1) is 0 Å². The Morgan fingerprint density at radius 2 is 1.70 bits per heavy atom. The molecule has 0 unspecified atom stereocenters. The highest BCUT2D eigenvalue weighted by atomic mass is 14.8. The van der Waals surface area contributed by atoms with Crippen molar-refractivity contribution in [3.63, 3.8) is 0 Å². The van der Waals surface area contributed by atoms with Crippen LogP contribution in [0.5, 0.6) is 0 Å². The number of aliphatic imine (C=N–C) groups is 1. The number of pyridine rings is 1. The Kier molecular flexibility index (Phi) is 6.58. The fraction of sp³-hybridized carbons (Fsp3) is 0.143. The van der Waals surface area contributed by atoms with Gasteiger partial charge in [-0.2, -0.15) is 0 Å². The third-order valence-electron chi connectivity index (χ3n) is 4.88. The van der Waals surface area contributed by atoms with Crippen molar-refractivity contribution in [1.29, 1.82) is 0 Å². The van der Waals surface area contributed by atoms with Crippen molar-refractivity contribution < 1.29 is 0 Å². The lowest BCUT2D eigenvalue weighted by atomic mass is 9.93. The summed E-state index contributed by atoms with van der Waals surface area (Å²) in [6.45, 7) is 16.3. The third kappa shape index (κ3) is 4.55. The second-order valence-corrected chi connectivity index (χ2v) is 7.54. The van der Waals surface area contributed by atoms with Crippen LogP contribution < -0.4 is 0 Å². The van der Waals surface area contributed by atoms with Gasteiger partial charge in [-0.25, -0.2) is 0 Å². The molecule has 1 heterocycles. The number of fused-ring (bicyclic) bond motifs is 1. The summed E-state index contributed by atoms with van der Waals surface area (Å²) >= 11 is 0. The van der Waals surface area contributed by atoms with Crippen LogP contribution in [0.4, 0.5) is 5.69 Å². The molecule has 2 aromatic carbocycles. The molecule has 150 valence electrons. The maximum absolute atomic E-state index is 4.90. The fourth-order valence-corrected chi connectivity index (χ4v) is 3.48. The second-order valence-electron chi connectivity index (χ2n) is 7.54. The van der Waals surface area contributed by atoms with E-state index < -0.39 is 0 Å². The van der Waals surface area contributed by atoms with Crippen LogP contribution in [0.25, 0.3) is 22.0 Å². The first-order valence-electron chi connectivity index (χ1n) is 10.1. The van der Waals surface area contributed by atoms with Gasteiger partial charge in [0.1, 0.15) is 0 Å². The van der Waals surface area contributed by atoms with Gasteiger partial charge in [0, 0.05) is 22.4 Å². The van der Waals surface area contributed by atoms with E-state index in [1.54, 1.807) is 6.08 Å². The highest BCUT2D eigenvalue weighted by molar-refractivity contribution is 6.04. The Morgan fingerprint density at radius 3 is 2.37 bits per heavy atom. The molecule has 1 aromatic heterocycles. The fourth-order valence-electron chi connectivity index (χ4n) is 3.48. The van der Waals surface area contributed by atoms with Crippen molar-refractivity contribution in [2.24, 2.45) is 4.99 Å². The van der Waals surface area contributed by atoms with Crippen molar-refractivity contribution >= 4 is 33.4 Å². The average Bonchev–Trinajstić information content (AvgIpc) is 2.73. The van der Waals surface area contributed by atoms with Crippen LogP contribution in [-0.4, -0.2) is 10.7 Å². The van der Waals surface area contributed by atoms with Crippen molar-refractivity contribution in [3.8, 4) is 0 Å². The number of benzene rings is 2. The van der Waals surface area contributed by atoms with E-state index in [1.807, 2.05) is 51.1 Å². The van der Waals surface area contributed by atoms with E-state index in [0.29, 0.717) is 0 Å². The van der Waals surface area contributed by atoms with Crippen LogP contribution in [0.15, 0.2) is 91.0 Å². The molecule has 0 spiro atoms. The maximum atomic E-state index is 4.90. The van der Waals surface area contributed by atoms with Crippen LogP contribution >= 0.6 is 0 Å². The van der Waals surface area contributed by atoms with E-state index in [1.165, 1.54) is 5.57 Å². The predicted octanol–water partition coefficient (Wildman–Crippen LogP) is 7.86. The Morgan fingerprint density at radius 1 is 0.967 bits per heavy atom. The molecule has 0 amide bonds. The standard InChI is InChI=1S/C28H28N2/c1-7-8-10-13-20(4)26-18-21(5)30-28-25(26)17-16-24(27(28)29-19(2)3)22(6)23-14-11-9-12-15-23/h7-18H,1,6H2,2-5H3/b10-8-,20-13+. The van der Waals surface area contributed by atoms with Crippen LogP contribution in [0.2, 0.25) is 0 Å². The molecule has 3 rings (SSSR count). The van der Waals surface area contributed by atoms with Gasteiger partial charge in [-0.05, 0) is 56.0 Å². The quantitative estimate of drug-likeness (QED) is 0.309. The normalized spacial score (nSPS) is 11.7. The molecular formula is C28H28N2. The molecule has 0 N–H and O–H groups in total. The van der Waals surface area contributed by atoms with Crippen molar-refractivity contribution in [3.05, 3.63) is 108 Å². The third-order valence-corrected chi connectivity index (χ3v) is 4.88. The van der Waals surface area contributed by atoms with Crippen LogP contribution in [0.1, 0.15) is 43.2 Å². The van der Waals surface area contributed by atoms with E-state index in [0.717, 1.165) is 50.3 Å². The number of hydrogen-bond donors (Lipinski definition) is 0. The van der Waals surface area contributed by atoms with E-state index in [-0.39, 0.29) is 0 Å². The maximum Gasteiger partial charge on any atom is 0.0974 e. The summed E-state index contributed by atoms with van der Waals surface area (Å²) in [5.41, 5.74) is 9.09. The number of aromatic nitrogens is 1. The minimum atomic E-state index is 0.876. The molecule has 0 fully saturated rings. The smallest absolute Gasteiger partial charge is 0.0974 e. The Bertz CT molecular complexity index is 1190. The molecule has 0 aliphatic heterocycles. The van der Waals surface area contributed by atoms with Gasteiger partial charge in [0.25, 0.3) is 0 Å². The lowest BCUT2D eigenvalue weighted by Gasteiger charge is -2.15. The summed E-state index contributed by atoms with van der Waals surface area (Å²) in [4.78, 5) is 9.79. The van der Waals surface area contributed by atoms with Gasteiger partial charge in [0.2, 0.25) is 0 Å². The summed E-state index contributed by atoms with van der Waals surface area (Å²) < 4.78 is 0. The molecule has 0 saturated carbocycles. The molecule has 2 heteroatoms. The zero-order valence-corrected chi connectivity index (χ0v) is 18.2. The minimum absolute atomic E-state index is 0.876. The lowest BCUT2D eigenvalue weighted by Crippen LogP contribution is -1.96. The van der Waals surface area contributed by atoms with Gasteiger partial charge in [-0.1, -0.05) is 79.9 Å². The Hall–Kier alpha value is -3.52. The Balaban J connectivity index is 2.31. The largest absolute Gasteiger partial charge is 0.255 e. The van der Waals surface area contributed by atoms with E-state index >= 15 is 0 Å². The average molecular weight is 393 g/mol. The van der Waals surface area contributed by atoms with Crippen molar-refractivity contribution in [1.82, 2.24) is 4.98 Å². The SMILES string of the molecule is C=C/C=C\C=C(/C)c1cc(C)nc2c(N=C(C)C)c(C(=C)c3ccccc3)ccc12. The molecule has 3 aromatic rings. The highest BCUT2D eigenvalue weighted by Gasteiger charge is 2.15. The second kappa shape index (κ2) is 9.32. The first-order chi connectivity index (χ1) is 14.4. The molecule has 0 saturated heterocycles. The number of nitrogens with zero attached hydrogens (tertiary/aromatic N) is 2. The molecule has 0 radical (unpaired) electrons. The van der Waals surface area contributed by atoms with Crippen molar-refractivity contribution in [2.75, 3.05) is 0 Å². The monoisotopic (exact) mass is 392 g/mol. The Labute approximate surface area is 179 Å². The molecule has 0 bridgehead atoms. The van der Waals surface area contributed by atoms with Gasteiger partial charge >= 0.3 is 0 Å². The number of hydrogen-bond acceptors (Lipinski definition) is 2. The molecule has 0 aliphatic rings. The van der Waals surface area contributed by atoms with Gasteiger partial charge in [0.05, 0.1) is 11.2 Å². The van der Waals surface area contributed by atoms with Crippen LogP contribution in [0, 0.1) is 6.92 Å². The highest BCUT2D eigenvalue weighted by Crippen LogP contribution is 2.38. The van der Waals surface area contributed by atoms with E-state index in [9.17, 15) is 0 Å². The van der Waals surface area contributed by atoms with Gasteiger partial charge in [-0.3, -0.25) is 9.98 Å². The molecule has 0 aliphatic carbocycles. The summed E-state index contributed by atoms with van der Waals surface area (Å²) in [6, 6.07) is 16.6. The summed E-state index contributed by atoms with van der Waals surface area (Å²) in [6.07, 6.45) is 7.81. The topological polar surface area (TPSA) is 25.2 Å². The minimum Gasteiger partial charge on any atom is -0.255 e. The first-order valence-corrected chi connectivity index (χ1v) is 10.1. The zero-order valence-electron chi connectivity index (χ0n) is 18.2. The summed E-state index contributed by atoms with van der Waals surface area (Å²) in [5, 5.41) is 1.09. The molecule has 30 heavy (non-hydrogen) atoms. The summed E-state index contributed by atoms with van der Waals surface area (Å²) in [7, 11) is 0.